The van der Waals surface area contributed by atoms with E-state index in [4.69, 9.17) is 0 Å². The number of aromatic amines is 1. The standard InChI is InChI=1S/C18H17N3O2S2/c1-11-6-8-25-15(11)10-21(12-4-5-12)18(23)13-9-19-16(20-17(13)22)14-3-2-7-24-14/h2-3,6-9,12H,4-5,10H2,1H3,(H,19,20,22). The van der Waals surface area contributed by atoms with Gasteiger partial charge in [0.05, 0.1) is 11.4 Å². The van der Waals surface area contributed by atoms with Crippen molar-refractivity contribution >= 4 is 28.6 Å². The Bertz CT molecular complexity index is 955. The maximum atomic E-state index is 13.0. The number of aryl methyl sites for hydroxylation is 1. The molecule has 4 rings (SSSR count). The van der Waals surface area contributed by atoms with Crippen molar-refractivity contribution in [2.75, 3.05) is 0 Å². The number of carbonyl (C=O) groups is 1. The first-order valence-electron chi connectivity index (χ1n) is 8.10. The van der Waals surface area contributed by atoms with Crippen LogP contribution in [0.25, 0.3) is 10.7 Å². The highest BCUT2D eigenvalue weighted by Gasteiger charge is 2.34. The summed E-state index contributed by atoms with van der Waals surface area (Å²) in [5.74, 6) is 0.269. The second-order valence-corrected chi connectivity index (χ2v) is 8.09. The molecule has 1 saturated carbocycles. The summed E-state index contributed by atoms with van der Waals surface area (Å²) >= 11 is 3.14. The van der Waals surface area contributed by atoms with Crippen LogP contribution in [0.4, 0.5) is 0 Å². The third kappa shape index (κ3) is 3.29. The summed E-state index contributed by atoms with van der Waals surface area (Å²) in [6.45, 7) is 2.60. The molecule has 5 nitrogen and oxygen atoms in total. The van der Waals surface area contributed by atoms with Gasteiger partial charge < -0.3 is 9.88 Å². The molecule has 0 unspecified atom stereocenters. The summed E-state index contributed by atoms with van der Waals surface area (Å²) in [5.41, 5.74) is 0.918. The van der Waals surface area contributed by atoms with Crippen LogP contribution in [-0.4, -0.2) is 26.8 Å². The van der Waals surface area contributed by atoms with Gasteiger partial charge in [0.2, 0.25) is 0 Å². The molecule has 1 fully saturated rings. The first-order valence-corrected chi connectivity index (χ1v) is 9.86. The second-order valence-electron chi connectivity index (χ2n) is 6.14. The second kappa shape index (κ2) is 6.57. The van der Waals surface area contributed by atoms with Crippen LogP contribution >= 0.6 is 22.7 Å². The normalized spacial score (nSPS) is 13.8. The third-order valence-corrected chi connectivity index (χ3v) is 6.20. The van der Waals surface area contributed by atoms with Crippen LogP contribution in [0, 0.1) is 6.92 Å². The van der Waals surface area contributed by atoms with Crippen molar-refractivity contribution < 1.29 is 4.79 Å². The molecule has 0 spiro atoms. The Hall–Kier alpha value is -2.25. The van der Waals surface area contributed by atoms with Crippen LogP contribution in [0.2, 0.25) is 0 Å². The highest BCUT2D eigenvalue weighted by molar-refractivity contribution is 7.13. The largest absolute Gasteiger partial charge is 0.330 e. The van der Waals surface area contributed by atoms with Gasteiger partial charge in [0.15, 0.2) is 0 Å². The number of H-pyrrole nitrogens is 1. The highest BCUT2D eigenvalue weighted by Crippen LogP contribution is 2.31. The smallest absolute Gasteiger partial charge is 0.264 e. The fourth-order valence-electron chi connectivity index (χ4n) is 2.71. The summed E-state index contributed by atoms with van der Waals surface area (Å²) in [5, 5.41) is 3.96. The molecule has 0 radical (unpaired) electrons. The first-order chi connectivity index (χ1) is 12.1. The molecule has 0 atom stereocenters. The van der Waals surface area contributed by atoms with Gasteiger partial charge in [-0.15, -0.1) is 22.7 Å². The Labute approximate surface area is 153 Å². The maximum absolute atomic E-state index is 13.0. The van der Waals surface area contributed by atoms with Crippen LogP contribution in [-0.2, 0) is 6.54 Å². The van der Waals surface area contributed by atoms with E-state index >= 15 is 0 Å². The van der Waals surface area contributed by atoms with Crippen LogP contribution in [0.5, 0.6) is 0 Å². The molecule has 25 heavy (non-hydrogen) atoms. The molecule has 1 N–H and O–H groups in total. The minimum absolute atomic E-state index is 0.112. The number of thiophene rings is 2. The zero-order valence-corrected chi connectivity index (χ0v) is 15.3. The molecule has 0 saturated heterocycles. The lowest BCUT2D eigenvalue weighted by Crippen LogP contribution is -2.36. The van der Waals surface area contributed by atoms with Gasteiger partial charge in [-0.3, -0.25) is 9.59 Å². The lowest BCUT2D eigenvalue weighted by molar-refractivity contribution is 0.0729. The predicted octanol–water partition coefficient (Wildman–Crippen LogP) is 3.67. The molecule has 1 aliphatic rings. The zero-order chi connectivity index (χ0) is 17.4. The van der Waals surface area contributed by atoms with E-state index in [1.165, 1.54) is 28.0 Å². The van der Waals surface area contributed by atoms with E-state index < -0.39 is 0 Å². The van der Waals surface area contributed by atoms with Crippen LogP contribution in [0.15, 0.2) is 40.0 Å². The summed E-state index contributed by atoms with van der Waals surface area (Å²) in [4.78, 5) is 36.3. The van der Waals surface area contributed by atoms with Crippen molar-refractivity contribution in [1.82, 2.24) is 14.9 Å². The van der Waals surface area contributed by atoms with E-state index in [0.717, 1.165) is 17.7 Å². The van der Waals surface area contributed by atoms with Crippen LogP contribution < -0.4 is 5.56 Å². The number of rotatable bonds is 5. The molecule has 3 heterocycles. The topological polar surface area (TPSA) is 66.1 Å². The van der Waals surface area contributed by atoms with Gasteiger partial charge in [0.1, 0.15) is 11.4 Å². The monoisotopic (exact) mass is 371 g/mol. The van der Waals surface area contributed by atoms with E-state index in [1.54, 1.807) is 11.3 Å². The van der Waals surface area contributed by atoms with E-state index in [1.807, 2.05) is 34.7 Å². The maximum Gasteiger partial charge on any atom is 0.264 e. The fourth-order valence-corrected chi connectivity index (χ4v) is 4.29. The number of aromatic nitrogens is 2. The lowest BCUT2D eigenvalue weighted by atomic mass is 10.2. The first kappa shape index (κ1) is 16.2. The average molecular weight is 371 g/mol. The number of nitrogens with one attached hydrogen (secondary N) is 1. The van der Waals surface area contributed by atoms with Crippen molar-refractivity contribution in [3.63, 3.8) is 0 Å². The predicted molar refractivity (Wildman–Crippen MR) is 100 cm³/mol. The molecule has 0 bridgehead atoms. The summed E-state index contributed by atoms with van der Waals surface area (Å²) in [6.07, 6.45) is 3.40. The molecule has 3 aromatic heterocycles. The van der Waals surface area contributed by atoms with Crippen molar-refractivity contribution in [3.05, 3.63) is 61.5 Å². The Balaban J connectivity index is 1.62. The Morgan fingerprint density at radius 2 is 2.16 bits per heavy atom. The molecular formula is C18H17N3O2S2. The molecule has 3 aromatic rings. The Morgan fingerprint density at radius 3 is 2.76 bits per heavy atom. The minimum atomic E-state index is -0.378. The minimum Gasteiger partial charge on any atom is -0.330 e. The van der Waals surface area contributed by atoms with Crippen LogP contribution in [0.3, 0.4) is 0 Å². The van der Waals surface area contributed by atoms with Crippen molar-refractivity contribution in [1.29, 1.82) is 0 Å². The average Bonchev–Trinajstić information content (AvgIpc) is 3.13. The van der Waals surface area contributed by atoms with Crippen molar-refractivity contribution in [3.8, 4) is 10.7 Å². The molecule has 1 amide bonds. The van der Waals surface area contributed by atoms with Gasteiger partial charge in [-0.2, -0.15) is 0 Å². The van der Waals surface area contributed by atoms with E-state index in [0.29, 0.717) is 12.4 Å². The quantitative estimate of drug-likeness (QED) is 0.744. The van der Waals surface area contributed by atoms with Gasteiger partial charge >= 0.3 is 0 Å². The van der Waals surface area contributed by atoms with Gasteiger partial charge in [-0.1, -0.05) is 6.07 Å². The molecule has 0 aromatic carbocycles. The zero-order valence-electron chi connectivity index (χ0n) is 13.7. The van der Waals surface area contributed by atoms with Gasteiger partial charge in [-0.25, -0.2) is 4.98 Å². The molecule has 0 aliphatic heterocycles. The summed E-state index contributed by atoms with van der Waals surface area (Å²) < 4.78 is 0. The van der Waals surface area contributed by atoms with Crippen molar-refractivity contribution in [2.45, 2.75) is 32.4 Å². The van der Waals surface area contributed by atoms with E-state index in [9.17, 15) is 9.59 Å². The Morgan fingerprint density at radius 1 is 1.32 bits per heavy atom. The van der Waals surface area contributed by atoms with Crippen molar-refractivity contribution in [2.24, 2.45) is 0 Å². The third-order valence-electron chi connectivity index (χ3n) is 4.31. The number of hydrogen-bond donors (Lipinski definition) is 1. The molecule has 1 aliphatic carbocycles. The van der Waals surface area contributed by atoms with Gasteiger partial charge in [0, 0.05) is 17.1 Å². The SMILES string of the molecule is Cc1ccsc1CN(C(=O)c1cnc(-c2cccs2)[nH]c1=O)C1CC1. The van der Waals surface area contributed by atoms with E-state index in [-0.39, 0.29) is 23.1 Å². The number of nitrogens with zero attached hydrogens (tertiary/aromatic N) is 2. The molecular weight excluding hydrogens is 354 g/mol. The number of amides is 1. The lowest BCUT2D eigenvalue weighted by Gasteiger charge is -2.22. The fraction of sp³-hybridized carbons (Fsp3) is 0.278. The van der Waals surface area contributed by atoms with Crippen LogP contribution in [0.1, 0.15) is 33.6 Å². The number of carbonyl (C=O) groups excluding carboxylic acids is 1. The number of hydrogen-bond acceptors (Lipinski definition) is 5. The van der Waals surface area contributed by atoms with Gasteiger partial charge in [0.25, 0.3) is 11.5 Å². The Kier molecular flexibility index (Phi) is 4.27. The summed E-state index contributed by atoms with van der Waals surface area (Å²) in [7, 11) is 0. The molecule has 7 heteroatoms. The molecule has 128 valence electrons. The van der Waals surface area contributed by atoms with Gasteiger partial charge in [-0.05, 0) is 48.2 Å². The van der Waals surface area contributed by atoms with E-state index in [2.05, 4.69) is 16.0 Å². The highest BCUT2D eigenvalue weighted by atomic mass is 32.1. The summed E-state index contributed by atoms with van der Waals surface area (Å²) in [6, 6.07) is 6.07.